The van der Waals surface area contributed by atoms with Crippen LogP contribution in [0, 0.1) is 0 Å². The Hall–Kier alpha value is -0.130. The van der Waals surface area contributed by atoms with Crippen molar-refractivity contribution in [2.24, 2.45) is 0 Å². The summed E-state index contributed by atoms with van der Waals surface area (Å²) in [6.45, 7) is 4.20. The van der Waals surface area contributed by atoms with Crippen LogP contribution in [0.4, 0.5) is 0 Å². The highest BCUT2D eigenvalue weighted by atomic mass is 32.2. The third kappa shape index (κ3) is 2.26. The molecule has 4 nitrogen and oxygen atoms in total. The highest BCUT2D eigenvalue weighted by Gasteiger charge is 2.37. The maximum absolute atomic E-state index is 12.4. The molecule has 16 heavy (non-hydrogen) atoms. The Labute approximate surface area is 98.4 Å². The van der Waals surface area contributed by atoms with Gasteiger partial charge in [0.25, 0.3) is 0 Å². The number of rotatable bonds is 4. The van der Waals surface area contributed by atoms with E-state index in [2.05, 4.69) is 5.32 Å². The van der Waals surface area contributed by atoms with E-state index in [0.717, 1.165) is 38.8 Å². The minimum absolute atomic E-state index is 0.109. The predicted octanol–water partition coefficient (Wildman–Crippen LogP) is 0.943. The highest BCUT2D eigenvalue weighted by Crippen LogP contribution is 2.27. The largest absolute Gasteiger partial charge is 0.313 e. The van der Waals surface area contributed by atoms with Gasteiger partial charge in [-0.15, -0.1) is 0 Å². The van der Waals surface area contributed by atoms with Crippen molar-refractivity contribution in [1.82, 2.24) is 9.62 Å². The lowest BCUT2D eigenvalue weighted by molar-refractivity contribution is 0.245. The van der Waals surface area contributed by atoms with Crippen LogP contribution in [0.3, 0.4) is 0 Å². The van der Waals surface area contributed by atoms with Gasteiger partial charge in [0.05, 0.1) is 5.25 Å². The molecule has 1 saturated heterocycles. The summed E-state index contributed by atoms with van der Waals surface area (Å²) >= 11 is 0. The molecule has 2 fully saturated rings. The van der Waals surface area contributed by atoms with Crippen LogP contribution in [-0.4, -0.2) is 43.6 Å². The Bertz CT molecular complexity index is 319. The Balaban J connectivity index is 2.08. The molecule has 0 radical (unpaired) electrons. The van der Waals surface area contributed by atoms with Crippen molar-refractivity contribution >= 4 is 10.0 Å². The zero-order chi connectivity index (χ0) is 11.6. The van der Waals surface area contributed by atoms with Crippen LogP contribution in [-0.2, 0) is 10.0 Å². The van der Waals surface area contributed by atoms with E-state index >= 15 is 0 Å². The second-order valence-electron chi connectivity index (χ2n) is 4.82. The molecular weight excluding hydrogens is 224 g/mol. The molecule has 0 spiro atoms. The third-order valence-corrected chi connectivity index (χ3v) is 6.30. The van der Waals surface area contributed by atoms with E-state index in [-0.39, 0.29) is 11.3 Å². The Morgan fingerprint density at radius 2 is 1.81 bits per heavy atom. The molecule has 0 aromatic rings. The minimum atomic E-state index is -3.04. The zero-order valence-corrected chi connectivity index (χ0v) is 10.8. The first kappa shape index (κ1) is 12.3. The van der Waals surface area contributed by atoms with Crippen molar-refractivity contribution < 1.29 is 8.42 Å². The van der Waals surface area contributed by atoms with Gasteiger partial charge in [-0.25, -0.2) is 8.42 Å². The summed E-state index contributed by atoms with van der Waals surface area (Å²) in [5, 5.41) is 3.04. The van der Waals surface area contributed by atoms with Crippen LogP contribution < -0.4 is 5.32 Å². The van der Waals surface area contributed by atoms with Crippen LogP contribution in [0.5, 0.6) is 0 Å². The molecule has 0 aromatic heterocycles. The van der Waals surface area contributed by atoms with Crippen LogP contribution >= 0.6 is 0 Å². The fourth-order valence-corrected chi connectivity index (χ4v) is 4.91. The number of sulfonamides is 1. The van der Waals surface area contributed by atoms with Crippen molar-refractivity contribution in [3.05, 3.63) is 0 Å². The number of hydrogen-bond donors (Lipinski definition) is 1. The summed E-state index contributed by atoms with van der Waals surface area (Å²) in [5.74, 6) is 0. The molecule has 2 aliphatic rings. The Morgan fingerprint density at radius 3 is 2.25 bits per heavy atom. The van der Waals surface area contributed by atoms with Gasteiger partial charge in [-0.3, -0.25) is 0 Å². The molecule has 1 aliphatic heterocycles. The van der Waals surface area contributed by atoms with Gasteiger partial charge in [0, 0.05) is 25.7 Å². The van der Waals surface area contributed by atoms with E-state index in [4.69, 9.17) is 0 Å². The zero-order valence-electron chi connectivity index (χ0n) is 9.98. The molecule has 5 heteroatoms. The fourth-order valence-electron chi connectivity index (χ4n) is 2.68. The van der Waals surface area contributed by atoms with Crippen LogP contribution in [0.1, 0.15) is 39.0 Å². The van der Waals surface area contributed by atoms with Gasteiger partial charge in [0.15, 0.2) is 0 Å². The van der Waals surface area contributed by atoms with Gasteiger partial charge in [0.2, 0.25) is 10.0 Å². The summed E-state index contributed by atoms with van der Waals surface area (Å²) in [4.78, 5) is 0. The molecule has 0 bridgehead atoms. The highest BCUT2D eigenvalue weighted by molar-refractivity contribution is 7.89. The normalized spacial score (nSPS) is 24.6. The van der Waals surface area contributed by atoms with Gasteiger partial charge in [-0.1, -0.05) is 26.2 Å². The van der Waals surface area contributed by atoms with Crippen LogP contribution in [0.2, 0.25) is 0 Å². The second kappa shape index (κ2) is 5.02. The Kier molecular flexibility index (Phi) is 3.87. The van der Waals surface area contributed by atoms with Gasteiger partial charge in [-0.05, 0) is 12.8 Å². The quantitative estimate of drug-likeness (QED) is 0.803. The monoisotopic (exact) mass is 246 g/mol. The second-order valence-corrected chi connectivity index (χ2v) is 6.99. The van der Waals surface area contributed by atoms with E-state index in [1.807, 2.05) is 6.92 Å². The molecule has 1 aliphatic carbocycles. The fraction of sp³-hybridized carbons (Fsp3) is 1.00. The molecule has 1 heterocycles. The first-order chi connectivity index (χ1) is 7.66. The van der Waals surface area contributed by atoms with Crippen molar-refractivity contribution in [2.75, 3.05) is 19.6 Å². The lowest BCUT2D eigenvalue weighted by Gasteiger charge is -2.39. The maximum Gasteiger partial charge on any atom is 0.217 e. The Morgan fingerprint density at radius 1 is 1.19 bits per heavy atom. The molecule has 0 unspecified atom stereocenters. The van der Waals surface area contributed by atoms with Crippen LogP contribution in [0.15, 0.2) is 0 Å². The topological polar surface area (TPSA) is 49.4 Å². The lowest BCUT2D eigenvalue weighted by atomic mass is 10.0. The van der Waals surface area contributed by atoms with E-state index in [1.54, 1.807) is 4.31 Å². The predicted molar refractivity (Wildman–Crippen MR) is 64.8 cm³/mol. The molecule has 0 amide bonds. The molecular formula is C11H22N2O2S. The van der Waals surface area contributed by atoms with Gasteiger partial charge in [-0.2, -0.15) is 4.31 Å². The summed E-state index contributed by atoms with van der Waals surface area (Å²) in [6, 6.07) is 0.205. The lowest BCUT2D eigenvalue weighted by Crippen LogP contribution is -2.60. The average molecular weight is 246 g/mol. The van der Waals surface area contributed by atoms with E-state index in [0.29, 0.717) is 6.54 Å². The van der Waals surface area contributed by atoms with E-state index < -0.39 is 10.0 Å². The number of hydrogen-bond acceptors (Lipinski definition) is 3. The van der Waals surface area contributed by atoms with Crippen molar-refractivity contribution in [3.63, 3.8) is 0 Å². The van der Waals surface area contributed by atoms with Gasteiger partial charge >= 0.3 is 0 Å². The molecule has 94 valence electrons. The standard InChI is InChI=1S/C11H22N2O2S/c1-2-13(10-8-12-9-10)16(14,15)11-6-4-3-5-7-11/h10-12H,2-9H2,1H3. The number of nitrogens with zero attached hydrogens (tertiary/aromatic N) is 1. The van der Waals surface area contributed by atoms with Gasteiger partial charge < -0.3 is 5.32 Å². The average Bonchev–Trinajstić information content (AvgIpc) is 2.24. The van der Waals surface area contributed by atoms with E-state index in [1.165, 1.54) is 6.42 Å². The first-order valence-corrected chi connectivity index (χ1v) is 7.88. The number of nitrogens with one attached hydrogen (secondary N) is 1. The maximum atomic E-state index is 12.4. The van der Waals surface area contributed by atoms with Crippen molar-refractivity contribution in [1.29, 1.82) is 0 Å². The van der Waals surface area contributed by atoms with Crippen molar-refractivity contribution in [3.8, 4) is 0 Å². The summed E-state index contributed by atoms with van der Waals surface area (Å²) in [6.07, 6.45) is 5.07. The molecule has 1 saturated carbocycles. The molecule has 0 aromatic carbocycles. The summed E-state index contributed by atoms with van der Waals surface area (Å²) in [5.41, 5.74) is 0. The minimum Gasteiger partial charge on any atom is -0.313 e. The van der Waals surface area contributed by atoms with E-state index in [9.17, 15) is 8.42 Å². The molecule has 0 atom stereocenters. The summed E-state index contributed by atoms with van der Waals surface area (Å²) in [7, 11) is -3.04. The third-order valence-electron chi connectivity index (χ3n) is 3.78. The van der Waals surface area contributed by atoms with Gasteiger partial charge in [0.1, 0.15) is 0 Å². The van der Waals surface area contributed by atoms with Crippen LogP contribution in [0.25, 0.3) is 0 Å². The molecule has 2 rings (SSSR count). The SMILES string of the molecule is CCN(C1CNC1)S(=O)(=O)C1CCCCC1. The first-order valence-electron chi connectivity index (χ1n) is 6.37. The summed E-state index contributed by atoms with van der Waals surface area (Å²) < 4.78 is 26.6. The smallest absolute Gasteiger partial charge is 0.217 e. The van der Waals surface area contributed by atoms with Crippen molar-refractivity contribution in [2.45, 2.75) is 50.3 Å². The number of likely N-dealkylation sites (N-methyl/N-ethyl adjacent to an activating group) is 1. The molecule has 1 N–H and O–H groups in total.